The van der Waals surface area contributed by atoms with Crippen LogP contribution >= 0.6 is 0 Å². The number of hydrogen-bond acceptors (Lipinski definition) is 2. The van der Waals surface area contributed by atoms with Crippen LogP contribution in [0.4, 0.5) is 0 Å². The van der Waals surface area contributed by atoms with Gasteiger partial charge < -0.3 is 10.1 Å². The fourth-order valence-electron chi connectivity index (χ4n) is 2.26. The summed E-state index contributed by atoms with van der Waals surface area (Å²) in [5, 5.41) is 3.22. The monoisotopic (exact) mass is 183 g/mol. The highest BCUT2D eigenvalue weighted by Crippen LogP contribution is 2.26. The molecular weight excluding hydrogens is 162 g/mol. The predicted molar refractivity (Wildman–Crippen MR) is 53.8 cm³/mol. The Bertz CT molecular complexity index is 139. The lowest BCUT2D eigenvalue weighted by atomic mass is 9.87. The van der Waals surface area contributed by atoms with Gasteiger partial charge >= 0.3 is 0 Å². The first kappa shape index (κ1) is 9.47. The lowest BCUT2D eigenvalue weighted by molar-refractivity contribution is 0.0103. The molecule has 2 rings (SSSR count). The zero-order chi connectivity index (χ0) is 8.93. The van der Waals surface area contributed by atoms with E-state index in [0.717, 1.165) is 25.6 Å². The first-order valence-electron chi connectivity index (χ1n) is 5.77. The van der Waals surface area contributed by atoms with Crippen molar-refractivity contribution in [2.24, 2.45) is 5.92 Å². The molecule has 0 spiro atoms. The topological polar surface area (TPSA) is 21.3 Å². The van der Waals surface area contributed by atoms with Gasteiger partial charge in [0.2, 0.25) is 0 Å². The second-order valence-corrected chi connectivity index (χ2v) is 4.44. The molecule has 0 atom stereocenters. The van der Waals surface area contributed by atoms with Crippen molar-refractivity contribution in [1.82, 2.24) is 5.32 Å². The Morgan fingerprint density at radius 1 is 1.08 bits per heavy atom. The number of hydrogen-bond donors (Lipinski definition) is 1. The van der Waals surface area contributed by atoms with Crippen molar-refractivity contribution in [3.05, 3.63) is 0 Å². The molecule has 1 N–H and O–H groups in total. The zero-order valence-electron chi connectivity index (χ0n) is 8.43. The summed E-state index contributed by atoms with van der Waals surface area (Å²) in [6.45, 7) is 3.15. The summed E-state index contributed by atoms with van der Waals surface area (Å²) in [6, 6.07) is 0. The third kappa shape index (κ3) is 2.96. The van der Waals surface area contributed by atoms with E-state index in [4.69, 9.17) is 4.74 Å². The molecule has 2 fully saturated rings. The Kier molecular flexibility index (Phi) is 3.62. The van der Waals surface area contributed by atoms with Crippen LogP contribution in [0, 0.1) is 5.92 Å². The predicted octanol–water partition coefficient (Wildman–Crippen LogP) is 1.95. The van der Waals surface area contributed by atoms with Crippen LogP contribution in [0.15, 0.2) is 0 Å². The molecule has 0 aromatic carbocycles. The maximum absolute atomic E-state index is 5.72. The van der Waals surface area contributed by atoms with Gasteiger partial charge in [-0.25, -0.2) is 0 Å². The Labute approximate surface area is 81.0 Å². The van der Waals surface area contributed by atoms with Crippen LogP contribution in [-0.2, 0) is 4.74 Å². The van der Waals surface area contributed by atoms with Crippen LogP contribution in [-0.4, -0.2) is 25.8 Å². The van der Waals surface area contributed by atoms with Crippen molar-refractivity contribution in [1.29, 1.82) is 0 Å². The number of rotatable bonds is 4. The van der Waals surface area contributed by atoms with Crippen molar-refractivity contribution in [3.63, 3.8) is 0 Å². The van der Waals surface area contributed by atoms with Crippen LogP contribution in [0.25, 0.3) is 0 Å². The van der Waals surface area contributed by atoms with Crippen LogP contribution in [0.1, 0.15) is 38.5 Å². The number of ether oxygens (including phenoxy) is 1. The molecule has 2 heteroatoms. The third-order valence-corrected chi connectivity index (χ3v) is 3.35. The van der Waals surface area contributed by atoms with Gasteiger partial charge in [0.25, 0.3) is 0 Å². The second kappa shape index (κ2) is 4.97. The second-order valence-electron chi connectivity index (χ2n) is 4.44. The summed E-state index contributed by atoms with van der Waals surface area (Å²) in [4.78, 5) is 0. The maximum atomic E-state index is 5.72. The molecule has 76 valence electrons. The average Bonchev–Trinajstić information content (AvgIpc) is 2.11. The molecule has 1 heterocycles. The Hall–Kier alpha value is -0.0800. The van der Waals surface area contributed by atoms with Gasteiger partial charge in [0, 0.05) is 19.7 Å². The quantitative estimate of drug-likeness (QED) is 0.719. The lowest BCUT2D eigenvalue weighted by Gasteiger charge is -2.28. The van der Waals surface area contributed by atoms with E-state index >= 15 is 0 Å². The van der Waals surface area contributed by atoms with Gasteiger partial charge in [-0.05, 0) is 12.3 Å². The first-order valence-corrected chi connectivity index (χ1v) is 5.77. The molecule has 0 bridgehead atoms. The minimum atomic E-state index is 0.531. The SMILES string of the molecule is C1CCC(CCOC2CNC2)CC1. The number of nitrogens with one attached hydrogen (secondary N) is 1. The first-order chi connectivity index (χ1) is 6.45. The highest BCUT2D eigenvalue weighted by Gasteiger charge is 2.18. The Morgan fingerprint density at radius 3 is 2.46 bits per heavy atom. The molecule has 2 nitrogen and oxygen atoms in total. The van der Waals surface area contributed by atoms with Gasteiger partial charge in [0.15, 0.2) is 0 Å². The largest absolute Gasteiger partial charge is 0.376 e. The van der Waals surface area contributed by atoms with Crippen molar-refractivity contribution in [3.8, 4) is 0 Å². The lowest BCUT2D eigenvalue weighted by Crippen LogP contribution is -2.48. The van der Waals surface area contributed by atoms with E-state index in [1.165, 1.54) is 38.5 Å². The molecular formula is C11H21NO. The molecule has 1 saturated carbocycles. The Balaban J connectivity index is 1.50. The molecule has 1 saturated heterocycles. The molecule has 2 aliphatic rings. The van der Waals surface area contributed by atoms with Gasteiger partial charge in [-0.15, -0.1) is 0 Å². The smallest absolute Gasteiger partial charge is 0.0823 e. The van der Waals surface area contributed by atoms with E-state index < -0.39 is 0 Å². The molecule has 1 aliphatic carbocycles. The minimum absolute atomic E-state index is 0.531. The van der Waals surface area contributed by atoms with E-state index in [1.54, 1.807) is 0 Å². The van der Waals surface area contributed by atoms with Crippen LogP contribution < -0.4 is 5.32 Å². The Morgan fingerprint density at radius 2 is 1.85 bits per heavy atom. The van der Waals surface area contributed by atoms with Gasteiger partial charge in [-0.2, -0.15) is 0 Å². The fourth-order valence-corrected chi connectivity index (χ4v) is 2.26. The maximum Gasteiger partial charge on any atom is 0.0823 e. The van der Waals surface area contributed by atoms with Crippen molar-refractivity contribution in [2.45, 2.75) is 44.6 Å². The summed E-state index contributed by atoms with van der Waals surface area (Å²) < 4.78 is 5.72. The summed E-state index contributed by atoms with van der Waals surface area (Å²) >= 11 is 0. The van der Waals surface area contributed by atoms with E-state index in [1.807, 2.05) is 0 Å². The van der Waals surface area contributed by atoms with Gasteiger partial charge in [-0.1, -0.05) is 32.1 Å². The minimum Gasteiger partial charge on any atom is -0.376 e. The van der Waals surface area contributed by atoms with Gasteiger partial charge in [0.05, 0.1) is 6.10 Å². The summed E-state index contributed by atoms with van der Waals surface area (Å²) in [6.07, 6.45) is 9.10. The third-order valence-electron chi connectivity index (χ3n) is 3.35. The van der Waals surface area contributed by atoms with E-state index in [0.29, 0.717) is 6.10 Å². The zero-order valence-corrected chi connectivity index (χ0v) is 8.43. The van der Waals surface area contributed by atoms with E-state index in [-0.39, 0.29) is 0 Å². The molecule has 0 aromatic rings. The van der Waals surface area contributed by atoms with E-state index in [9.17, 15) is 0 Å². The highest BCUT2D eigenvalue weighted by molar-refractivity contribution is 4.75. The van der Waals surface area contributed by atoms with E-state index in [2.05, 4.69) is 5.32 Å². The molecule has 0 aromatic heterocycles. The summed E-state index contributed by atoms with van der Waals surface area (Å²) in [7, 11) is 0. The van der Waals surface area contributed by atoms with Gasteiger partial charge in [-0.3, -0.25) is 0 Å². The highest BCUT2D eigenvalue weighted by atomic mass is 16.5. The average molecular weight is 183 g/mol. The normalized spacial score (nSPS) is 25.8. The summed E-state index contributed by atoms with van der Waals surface area (Å²) in [5.41, 5.74) is 0. The van der Waals surface area contributed by atoms with Crippen molar-refractivity contribution < 1.29 is 4.74 Å². The van der Waals surface area contributed by atoms with Crippen LogP contribution in [0.5, 0.6) is 0 Å². The van der Waals surface area contributed by atoms with Crippen molar-refractivity contribution >= 4 is 0 Å². The molecule has 0 amide bonds. The summed E-state index contributed by atoms with van der Waals surface area (Å²) in [5.74, 6) is 0.974. The molecule has 13 heavy (non-hydrogen) atoms. The van der Waals surface area contributed by atoms with Crippen molar-refractivity contribution in [2.75, 3.05) is 19.7 Å². The molecule has 1 aliphatic heterocycles. The van der Waals surface area contributed by atoms with Crippen LogP contribution in [0.2, 0.25) is 0 Å². The standard InChI is InChI=1S/C11H21NO/c1-2-4-10(5-3-1)6-7-13-11-8-12-9-11/h10-12H,1-9H2. The van der Waals surface area contributed by atoms with Gasteiger partial charge in [0.1, 0.15) is 0 Å². The molecule has 0 unspecified atom stereocenters. The fraction of sp³-hybridized carbons (Fsp3) is 1.00. The van der Waals surface area contributed by atoms with Crippen LogP contribution in [0.3, 0.4) is 0 Å². The molecule has 0 radical (unpaired) electrons.